The Morgan fingerprint density at radius 3 is 3.00 bits per heavy atom. The number of urea groups is 1. The molecule has 0 aromatic heterocycles. The second-order valence-electron chi connectivity index (χ2n) is 2.77. The SMILES string of the molecule is COCC(CN)N1CCNC1=O. The highest BCUT2D eigenvalue weighted by atomic mass is 16.5. The molecule has 1 heterocycles. The van der Waals surface area contributed by atoms with Crippen molar-refractivity contribution in [2.24, 2.45) is 5.73 Å². The van der Waals surface area contributed by atoms with Gasteiger partial charge in [0.05, 0.1) is 12.6 Å². The van der Waals surface area contributed by atoms with Gasteiger partial charge in [0.1, 0.15) is 0 Å². The number of hydrogen-bond acceptors (Lipinski definition) is 3. The van der Waals surface area contributed by atoms with E-state index in [1.165, 1.54) is 0 Å². The summed E-state index contributed by atoms with van der Waals surface area (Å²) < 4.78 is 4.95. The van der Waals surface area contributed by atoms with Crippen molar-refractivity contribution in [1.82, 2.24) is 10.2 Å². The third-order valence-corrected chi connectivity index (χ3v) is 1.96. The van der Waals surface area contributed by atoms with Gasteiger partial charge in [-0.2, -0.15) is 0 Å². The molecule has 1 aliphatic heterocycles. The maximum Gasteiger partial charge on any atom is 0.317 e. The van der Waals surface area contributed by atoms with Crippen molar-refractivity contribution in [1.29, 1.82) is 0 Å². The van der Waals surface area contributed by atoms with Crippen LogP contribution in [-0.2, 0) is 4.74 Å². The summed E-state index contributed by atoms with van der Waals surface area (Å²) in [5.74, 6) is 0. The van der Waals surface area contributed by atoms with Crippen LogP contribution in [0.3, 0.4) is 0 Å². The number of amides is 2. The fourth-order valence-electron chi connectivity index (χ4n) is 1.31. The number of nitrogens with zero attached hydrogens (tertiary/aromatic N) is 1. The Balaban J connectivity index is 2.46. The standard InChI is InChI=1S/C7H15N3O2/c1-12-5-6(4-8)10-3-2-9-7(10)11/h6H,2-5,8H2,1H3,(H,9,11). The molecule has 0 aromatic rings. The molecule has 12 heavy (non-hydrogen) atoms. The predicted molar refractivity (Wildman–Crippen MR) is 44.8 cm³/mol. The first-order valence-electron chi connectivity index (χ1n) is 4.03. The Kier molecular flexibility index (Phi) is 3.31. The number of ether oxygens (including phenoxy) is 1. The lowest BCUT2D eigenvalue weighted by atomic mass is 10.3. The van der Waals surface area contributed by atoms with E-state index in [-0.39, 0.29) is 12.1 Å². The highest BCUT2D eigenvalue weighted by molar-refractivity contribution is 5.76. The van der Waals surface area contributed by atoms with E-state index < -0.39 is 0 Å². The van der Waals surface area contributed by atoms with Gasteiger partial charge in [0.25, 0.3) is 0 Å². The van der Waals surface area contributed by atoms with Crippen LogP contribution < -0.4 is 11.1 Å². The van der Waals surface area contributed by atoms with Crippen LogP contribution in [0.4, 0.5) is 4.79 Å². The molecule has 2 amide bonds. The Morgan fingerprint density at radius 1 is 1.83 bits per heavy atom. The summed E-state index contributed by atoms with van der Waals surface area (Å²) >= 11 is 0. The van der Waals surface area contributed by atoms with Gasteiger partial charge in [-0.15, -0.1) is 0 Å². The van der Waals surface area contributed by atoms with E-state index in [0.29, 0.717) is 19.7 Å². The topological polar surface area (TPSA) is 67.6 Å². The third kappa shape index (κ3) is 1.86. The summed E-state index contributed by atoms with van der Waals surface area (Å²) in [6, 6.07) is -0.0278. The molecule has 70 valence electrons. The molecule has 1 aliphatic rings. The molecule has 1 atom stereocenters. The van der Waals surface area contributed by atoms with Crippen LogP contribution in [0.1, 0.15) is 0 Å². The van der Waals surface area contributed by atoms with Crippen LogP contribution >= 0.6 is 0 Å². The first-order valence-corrected chi connectivity index (χ1v) is 4.03. The molecule has 5 nitrogen and oxygen atoms in total. The fourth-order valence-corrected chi connectivity index (χ4v) is 1.31. The van der Waals surface area contributed by atoms with Gasteiger partial charge in [0.15, 0.2) is 0 Å². The maximum absolute atomic E-state index is 11.2. The molecule has 0 spiro atoms. The summed E-state index contributed by atoms with van der Waals surface area (Å²) in [6.45, 7) is 2.38. The lowest BCUT2D eigenvalue weighted by Gasteiger charge is -2.24. The molecule has 0 radical (unpaired) electrons. The monoisotopic (exact) mass is 173 g/mol. The highest BCUT2D eigenvalue weighted by Gasteiger charge is 2.26. The molecule has 3 N–H and O–H groups in total. The van der Waals surface area contributed by atoms with E-state index in [1.54, 1.807) is 12.0 Å². The molecule has 1 fully saturated rings. The van der Waals surface area contributed by atoms with Gasteiger partial charge >= 0.3 is 6.03 Å². The maximum atomic E-state index is 11.2. The van der Waals surface area contributed by atoms with Crippen molar-refractivity contribution in [2.75, 3.05) is 33.4 Å². The van der Waals surface area contributed by atoms with Gasteiger partial charge in [0.2, 0.25) is 0 Å². The van der Waals surface area contributed by atoms with Crippen molar-refractivity contribution in [2.45, 2.75) is 6.04 Å². The Bertz CT molecular complexity index is 163. The lowest BCUT2D eigenvalue weighted by Crippen LogP contribution is -2.45. The Hall–Kier alpha value is -0.810. The zero-order valence-corrected chi connectivity index (χ0v) is 7.25. The number of carbonyl (C=O) groups is 1. The number of nitrogens with one attached hydrogen (secondary N) is 1. The number of hydrogen-bond donors (Lipinski definition) is 2. The van der Waals surface area contributed by atoms with E-state index in [4.69, 9.17) is 10.5 Å². The zero-order chi connectivity index (χ0) is 8.97. The van der Waals surface area contributed by atoms with Crippen molar-refractivity contribution in [3.63, 3.8) is 0 Å². The smallest absolute Gasteiger partial charge is 0.317 e. The van der Waals surface area contributed by atoms with Crippen LogP contribution in [0.25, 0.3) is 0 Å². The van der Waals surface area contributed by atoms with Gasteiger partial charge in [-0.05, 0) is 0 Å². The minimum Gasteiger partial charge on any atom is -0.382 e. The van der Waals surface area contributed by atoms with Crippen molar-refractivity contribution in [3.05, 3.63) is 0 Å². The third-order valence-electron chi connectivity index (χ3n) is 1.96. The van der Waals surface area contributed by atoms with Gasteiger partial charge < -0.3 is 20.7 Å². The van der Waals surface area contributed by atoms with Gasteiger partial charge in [0, 0.05) is 26.7 Å². The van der Waals surface area contributed by atoms with Crippen molar-refractivity contribution < 1.29 is 9.53 Å². The minimum atomic E-state index is -0.0394. The average molecular weight is 173 g/mol. The Morgan fingerprint density at radius 2 is 2.58 bits per heavy atom. The largest absolute Gasteiger partial charge is 0.382 e. The van der Waals surface area contributed by atoms with Gasteiger partial charge in [-0.25, -0.2) is 4.79 Å². The molecule has 5 heteroatoms. The number of nitrogens with two attached hydrogens (primary N) is 1. The van der Waals surface area contributed by atoms with E-state index in [0.717, 1.165) is 6.54 Å². The fraction of sp³-hybridized carbons (Fsp3) is 0.857. The number of rotatable bonds is 4. The van der Waals surface area contributed by atoms with E-state index in [2.05, 4.69) is 5.32 Å². The molecule has 1 saturated heterocycles. The van der Waals surface area contributed by atoms with E-state index in [1.807, 2.05) is 0 Å². The summed E-state index contributed by atoms with van der Waals surface area (Å²) in [5, 5.41) is 2.72. The van der Waals surface area contributed by atoms with Gasteiger partial charge in [-0.3, -0.25) is 0 Å². The van der Waals surface area contributed by atoms with E-state index >= 15 is 0 Å². The summed E-state index contributed by atoms with van der Waals surface area (Å²) in [7, 11) is 1.61. The minimum absolute atomic E-state index is 0.0116. The molecule has 1 rings (SSSR count). The summed E-state index contributed by atoms with van der Waals surface area (Å²) in [4.78, 5) is 12.9. The average Bonchev–Trinajstić information content (AvgIpc) is 2.47. The zero-order valence-electron chi connectivity index (χ0n) is 7.25. The lowest BCUT2D eigenvalue weighted by molar-refractivity contribution is 0.119. The first-order chi connectivity index (χ1) is 5.79. The first kappa shape index (κ1) is 9.28. The second-order valence-corrected chi connectivity index (χ2v) is 2.77. The van der Waals surface area contributed by atoms with Crippen molar-refractivity contribution in [3.8, 4) is 0 Å². The van der Waals surface area contributed by atoms with Crippen LogP contribution in [0.15, 0.2) is 0 Å². The normalized spacial score (nSPS) is 19.5. The number of methoxy groups -OCH3 is 1. The van der Waals surface area contributed by atoms with E-state index in [9.17, 15) is 4.79 Å². The molecule has 0 saturated carbocycles. The second kappa shape index (κ2) is 4.27. The summed E-state index contributed by atoms with van der Waals surface area (Å²) in [5.41, 5.74) is 5.50. The molecular formula is C7H15N3O2. The van der Waals surface area contributed by atoms with Crippen LogP contribution in [0, 0.1) is 0 Å². The quantitative estimate of drug-likeness (QED) is 0.572. The van der Waals surface area contributed by atoms with Crippen molar-refractivity contribution >= 4 is 6.03 Å². The van der Waals surface area contributed by atoms with Crippen LogP contribution in [0.5, 0.6) is 0 Å². The molecule has 0 aromatic carbocycles. The van der Waals surface area contributed by atoms with Crippen LogP contribution in [0.2, 0.25) is 0 Å². The summed E-state index contributed by atoms with van der Waals surface area (Å²) in [6.07, 6.45) is 0. The Labute approximate surface area is 71.8 Å². The number of carbonyl (C=O) groups excluding carboxylic acids is 1. The molecule has 1 unspecified atom stereocenters. The molecule has 0 aliphatic carbocycles. The van der Waals surface area contributed by atoms with Gasteiger partial charge in [-0.1, -0.05) is 0 Å². The predicted octanol–water partition coefficient (Wildman–Crippen LogP) is -1.01. The highest BCUT2D eigenvalue weighted by Crippen LogP contribution is 2.03. The molecular weight excluding hydrogens is 158 g/mol. The molecule has 0 bridgehead atoms. The van der Waals surface area contributed by atoms with Crippen LogP contribution in [-0.4, -0.2) is 50.3 Å².